The van der Waals surface area contributed by atoms with E-state index in [1.807, 2.05) is 0 Å². The molecule has 5 nitrogen and oxygen atoms in total. The third-order valence-electron chi connectivity index (χ3n) is 4.19. The van der Waals surface area contributed by atoms with Crippen LogP contribution in [-0.2, 0) is 19.4 Å². The average Bonchev–Trinajstić information content (AvgIpc) is 2.36. The van der Waals surface area contributed by atoms with E-state index in [2.05, 4.69) is 31.6 Å². The van der Waals surface area contributed by atoms with Crippen LogP contribution in [0.5, 0.6) is 0 Å². The van der Waals surface area contributed by atoms with Gasteiger partial charge in [0.1, 0.15) is 5.75 Å². The minimum atomic E-state index is -3.65. The van der Waals surface area contributed by atoms with Gasteiger partial charge in [0.15, 0.2) is 9.84 Å². The van der Waals surface area contributed by atoms with Gasteiger partial charge in [-0.05, 0) is 30.6 Å². The van der Waals surface area contributed by atoms with E-state index in [1.54, 1.807) is 0 Å². The molecule has 0 spiro atoms. The van der Waals surface area contributed by atoms with Gasteiger partial charge in [0.2, 0.25) is 0 Å². The maximum Gasteiger partial charge on any atom is 0.320 e. The lowest BCUT2D eigenvalue weighted by molar-refractivity contribution is -0.137. The summed E-state index contributed by atoms with van der Waals surface area (Å²) in [5.74, 6) is -1.68. The number of rotatable bonds is 3. The lowest BCUT2D eigenvalue weighted by Crippen LogP contribution is -2.41. The Balaban J connectivity index is 2.98. The molecule has 0 heterocycles. The molecule has 1 saturated carbocycles. The summed E-state index contributed by atoms with van der Waals surface area (Å²) >= 11 is 0. The number of methoxy groups -OCH3 is 1. The normalized spacial score (nSPS) is 27.6. The number of hydrogen-bond donors (Lipinski definition) is 0. The summed E-state index contributed by atoms with van der Waals surface area (Å²) in [6.45, 7) is 6.23. The summed E-state index contributed by atoms with van der Waals surface area (Å²) in [4.78, 5) is 11.3. The highest BCUT2D eigenvalue weighted by Crippen LogP contribution is 2.42. The van der Waals surface area contributed by atoms with E-state index < -0.39 is 32.7 Å². The molecule has 0 aromatic rings. The summed E-state index contributed by atoms with van der Waals surface area (Å²) in [6, 6.07) is 2.09. The molecule has 3 atom stereocenters. The Morgan fingerprint density at radius 3 is 2.40 bits per heavy atom. The van der Waals surface area contributed by atoms with Crippen molar-refractivity contribution >= 4 is 15.8 Å². The first kappa shape index (κ1) is 17.0. The zero-order valence-corrected chi connectivity index (χ0v) is 13.4. The van der Waals surface area contributed by atoms with Crippen LogP contribution in [0.3, 0.4) is 0 Å². The summed E-state index contributed by atoms with van der Waals surface area (Å²) < 4.78 is 29.1. The van der Waals surface area contributed by atoms with E-state index in [0.717, 1.165) is 6.42 Å². The van der Waals surface area contributed by atoms with Gasteiger partial charge in [0, 0.05) is 0 Å². The van der Waals surface area contributed by atoms with Crippen molar-refractivity contribution in [3.8, 4) is 6.07 Å². The smallest absolute Gasteiger partial charge is 0.320 e. The molecule has 0 aromatic heterocycles. The lowest BCUT2D eigenvalue weighted by atomic mass is 9.70. The first-order valence-corrected chi connectivity index (χ1v) is 8.51. The second-order valence-corrected chi connectivity index (χ2v) is 8.75. The van der Waals surface area contributed by atoms with Crippen LogP contribution in [0.4, 0.5) is 0 Å². The summed E-state index contributed by atoms with van der Waals surface area (Å²) in [5, 5.41) is 8.41. The topological polar surface area (TPSA) is 84.2 Å². The van der Waals surface area contributed by atoms with Crippen LogP contribution in [-0.4, -0.2) is 32.5 Å². The molecule has 20 heavy (non-hydrogen) atoms. The van der Waals surface area contributed by atoms with Gasteiger partial charge in [0.05, 0.1) is 24.3 Å². The van der Waals surface area contributed by atoms with Crippen molar-refractivity contribution in [2.24, 2.45) is 17.3 Å². The SMILES string of the molecule is COC(=O)CS(=O)(=O)C1CC(C(C)(C)C)CCC1C#N. The molecule has 0 radical (unpaired) electrons. The van der Waals surface area contributed by atoms with E-state index in [0.29, 0.717) is 12.8 Å². The second-order valence-electron chi connectivity index (χ2n) is 6.53. The summed E-state index contributed by atoms with van der Waals surface area (Å²) in [5.41, 5.74) is -0.000535. The van der Waals surface area contributed by atoms with Gasteiger partial charge in [-0.2, -0.15) is 5.26 Å². The minimum Gasteiger partial charge on any atom is -0.468 e. The van der Waals surface area contributed by atoms with E-state index in [-0.39, 0.29) is 11.3 Å². The summed E-state index contributed by atoms with van der Waals surface area (Å²) in [6.07, 6.45) is 1.87. The third kappa shape index (κ3) is 3.95. The molecule has 6 heteroatoms. The predicted octanol–water partition coefficient (Wildman–Crippen LogP) is 1.93. The standard InChI is InChI=1S/C14H23NO4S/c1-14(2,3)11-6-5-10(8-15)12(7-11)20(17,18)9-13(16)19-4/h10-12H,5-7,9H2,1-4H3. The van der Waals surface area contributed by atoms with Gasteiger partial charge < -0.3 is 4.74 Å². The highest BCUT2D eigenvalue weighted by molar-refractivity contribution is 7.92. The Labute approximate surface area is 121 Å². The number of esters is 1. The fraction of sp³-hybridized carbons (Fsp3) is 0.857. The maximum atomic E-state index is 12.3. The van der Waals surface area contributed by atoms with Crippen LogP contribution in [0.1, 0.15) is 40.0 Å². The van der Waals surface area contributed by atoms with Crippen molar-refractivity contribution in [3.63, 3.8) is 0 Å². The fourth-order valence-corrected chi connectivity index (χ4v) is 4.67. The van der Waals surface area contributed by atoms with Crippen LogP contribution in [0.15, 0.2) is 0 Å². The molecule has 0 amide bonds. The predicted molar refractivity (Wildman–Crippen MR) is 75.5 cm³/mol. The Kier molecular flexibility index (Phi) is 5.20. The zero-order chi connectivity index (χ0) is 15.6. The van der Waals surface area contributed by atoms with Crippen LogP contribution in [0, 0.1) is 28.6 Å². The molecule has 1 rings (SSSR count). The molecule has 0 saturated heterocycles. The van der Waals surface area contributed by atoms with Crippen molar-refractivity contribution in [2.75, 3.05) is 12.9 Å². The molecule has 1 aliphatic carbocycles. The maximum absolute atomic E-state index is 12.3. The Morgan fingerprint density at radius 2 is 1.95 bits per heavy atom. The second kappa shape index (κ2) is 6.13. The number of sulfone groups is 1. The van der Waals surface area contributed by atoms with E-state index in [9.17, 15) is 18.5 Å². The number of nitriles is 1. The average molecular weight is 301 g/mol. The van der Waals surface area contributed by atoms with Crippen molar-refractivity contribution in [2.45, 2.75) is 45.3 Å². The Bertz CT molecular complexity index is 498. The van der Waals surface area contributed by atoms with E-state index in [4.69, 9.17) is 0 Å². The zero-order valence-electron chi connectivity index (χ0n) is 12.5. The molecule has 1 fully saturated rings. The van der Waals surface area contributed by atoms with E-state index in [1.165, 1.54) is 7.11 Å². The summed E-state index contributed by atoms with van der Waals surface area (Å²) in [7, 11) is -2.48. The van der Waals surface area contributed by atoms with E-state index >= 15 is 0 Å². The van der Waals surface area contributed by atoms with Crippen LogP contribution in [0.25, 0.3) is 0 Å². The van der Waals surface area contributed by atoms with Crippen LogP contribution >= 0.6 is 0 Å². The number of carbonyl (C=O) groups excluding carboxylic acids is 1. The number of carbonyl (C=O) groups is 1. The van der Waals surface area contributed by atoms with Gasteiger partial charge in [-0.3, -0.25) is 4.79 Å². The molecule has 114 valence electrons. The fourth-order valence-electron chi connectivity index (χ4n) is 2.79. The molecular weight excluding hydrogens is 278 g/mol. The first-order chi connectivity index (χ1) is 9.11. The number of hydrogen-bond acceptors (Lipinski definition) is 5. The number of nitrogens with zero attached hydrogens (tertiary/aromatic N) is 1. The molecule has 1 aliphatic rings. The van der Waals surface area contributed by atoms with Crippen molar-refractivity contribution < 1.29 is 17.9 Å². The van der Waals surface area contributed by atoms with Crippen molar-refractivity contribution in [1.82, 2.24) is 0 Å². The minimum absolute atomic E-state index is 0.000535. The monoisotopic (exact) mass is 301 g/mol. The highest BCUT2D eigenvalue weighted by Gasteiger charge is 2.43. The number of ether oxygens (including phenoxy) is 1. The van der Waals surface area contributed by atoms with Crippen molar-refractivity contribution in [1.29, 1.82) is 5.26 Å². The Morgan fingerprint density at radius 1 is 1.35 bits per heavy atom. The molecule has 3 unspecified atom stereocenters. The van der Waals surface area contributed by atoms with Gasteiger partial charge in [-0.1, -0.05) is 20.8 Å². The van der Waals surface area contributed by atoms with Gasteiger partial charge in [0.25, 0.3) is 0 Å². The van der Waals surface area contributed by atoms with Gasteiger partial charge in [-0.15, -0.1) is 0 Å². The molecule has 0 bridgehead atoms. The molecule has 0 aliphatic heterocycles. The Hall–Kier alpha value is -1.09. The lowest BCUT2D eigenvalue weighted by Gasteiger charge is -2.39. The van der Waals surface area contributed by atoms with Crippen molar-refractivity contribution in [3.05, 3.63) is 0 Å². The molecule has 0 N–H and O–H groups in total. The van der Waals surface area contributed by atoms with Crippen LogP contribution < -0.4 is 0 Å². The molecule has 0 aromatic carbocycles. The highest BCUT2D eigenvalue weighted by atomic mass is 32.2. The first-order valence-electron chi connectivity index (χ1n) is 6.80. The van der Waals surface area contributed by atoms with Crippen LogP contribution in [0.2, 0.25) is 0 Å². The van der Waals surface area contributed by atoms with Gasteiger partial charge in [-0.25, -0.2) is 8.42 Å². The quantitative estimate of drug-likeness (QED) is 0.744. The molecular formula is C14H23NO4S. The van der Waals surface area contributed by atoms with Gasteiger partial charge >= 0.3 is 5.97 Å². The largest absolute Gasteiger partial charge is 0.468 e. The third-order valence-corrected chi connectivity index (χ3v) is 6.27.